The van der Waals surface area contributed by atoms with Crippen molar-refractivity contribution in [2.24, 2.45) is 0 Å². The predicted molar refractivity (Wildman–Crippen MR) is 180 cm³/mol. The summed E-state index contributed by atoms with van der Waals surface area (Å²) < 4.78 is 58.3. The van der Waals surface area contributed by atoms with Gasteiger partial charge in [0.05, 0.1) is 43.8 Å². The van der Waals surface area contributed by atoms with Gasteiger partial charge in [0.2, 0.25) is 0 Å². The molecule has 0 aromatic heterocycles. The Labute approximate surface area is 273 Å². The van der Waals surface area contributed by atoms with E-state index in [1.165, 1.54) is 0 Å². The second kappa shape index (κ2) is 21.4. The van der Waals surface area contributed by atoms with Crippen molar-refractivity contribution in [3.05, 3.63) is 109 Å². The van der Waals surface area contributed by atoms with Gasteiger partial charge < -0.3 is 28.4 Å². The lowest BCUT2D eigenvalue weighted by Gasteiger charge is -2.14. The summed E-state index contributed by atoms with van der Waals surface area (Å²) in [4.78, 5) is 0. The summed E-state index contributed by atoms with van der Waals surface area (Å²) >= 11 is 0. The van der Waals surface area contributed by atoms with Crippen LogP contribution in [-0.2, 0) is 0 Å². The van der Waals surface area contributed by atoms with E-state index in [2.05, 4.69) is 0 Å². The van der Waals surface area contributed by atoms with Gasteiger partial charge >= 0.3 is 0 Å². The molecule has 0 radical (unpaired) electrons. The van der Waals surface area contributed by atoms with Crippen LogP contribution in [0.2, 0.25) is 0 Å². The van der Waals surface area contributed by atoms with E-state index in [4.69, 9.17) is 32.5 Å². The maximum absolute atomic E-state index is 7.56. The van der Waals surface area contributed by atoms with Crippen molar-refractivity contribution in [1.82, 2.24) is 0 Å². The first-order valence-electron chi connectivity index (χ1n) is 17.7. The molecule has 6 nitrogen and oxygen atoms in total. The smallest absolute Gasteiger partial charge is 0.126 e. The maximum Gasteiger partial charge on any atom is 0.126 e. The van der Waals surface area contributed by atoms with Crippen molar-refractivity contribution >= 4 is 0 Å². The normalized spacial score (nSPS) is 11.6. The van der Waals surface area contributed by atoms with E-state index in [9.17, 15) is 0 Å². The Morgan fingerprint density at radius 3 is 0.778 bits per heavy atom. The lowest BCUT2D eigenvalue weighted by molar-refractivity contribution is 0.263. The summed E-state index contributed by atoms with van der Waals surface area (Å²) in [5, 5.41) is 0. The Balaban J connectivity index is 1.15. The van der Waals surface area contributed by atoms with Crippen LogP contribution < -0.4 is 28.4 Å². The molecule has 0 saturated heterocycles. The second-order valence-corrected chi connectivity index (χ2v) is 10.6. The van der Waals surface area contributed by atoms with E-state index >= 15 is 0 Å². The molecule has 4 aromatic rings. The minimum atomic E-state index is 0.479. The molecule has 6 heteroatoms. The van der Waals surface area contributed by atoms with Gasteiger partial charge in [0.25, 0.3) is 0 Å². The van der Waals surface area contributed by atoms with Crippen LogP contribution in [0.3, 0.4) is 0 Å². The van der Waals surface area contributed by atoms with Gasteiger partial charge in [0, 0.05) is 18.2 Å². The van der Waals surface area contributed by atoms with Gasteiger partial charge in [0.1, 0.15) is 34.5 Å². The predicted octanol–water partition coefficient (Wildman–Crippen LogP) is 9.57. The van der Waals surface area contributed by atoms with E-state index in [0.717, 1.165) is 92.3 Å². The highest BCUT2D eigenvalue weighted by molar-refractivity contribution is 5.42. The molecule has 4 rings (SSSR count). The van der Waals surface area contributed by atoms with Gasteiger partial charge in [-0.15, -0.1) is 0 Å². The molecule has 0 aliphatic carbocycles. The third kappa shape index (κ3) is 14.8. The zero-order valence-corrected chi connectivity index (χ0v) is 26.2. The minimum absolute atomic E-state index is 0.479. The summed E-state index contributed by atoms with van der Waals surface area (Å²) in [5.41, 5.74) is 0. The number of ether oxygens (including phenoxy) is 6. The Morgan fingerprint density at radius 1 is 0.311 bits per heavy atom. The minimum Gasteiger partial charge on any atom is -0.494 e. The molecule has 0 atom stereocenters. The third-order valence-corrected chi connectivity index (χ3v) is 6.89. The molecular weight excluding hydrogens is 564 g/mol. The molecular formula is C39H48O6. The zero-order chi connectivity index (χ0) is 33.7. The molecule has 0 aliphatic rings. The van der Waals surface area contributed by atoms with Crippen LogP contribution in [0, 0.1) is 0 Å². The Morgan fingerprint density at radius 2 is 0.533 bits per heavy atom. The van der Waals surface area contributed by atoms with E-state index < -0.39 is 0 Å². The molecule has 0 aliphatic heterocycles. The largest absolute Gasteiger partial charge is 0.494 e. The summed E-state index contributed by atoms with van der Waals surface area (Å²) in [6.45, 7) is 3.67. The molecule has 0 unspecified atom stereocenters. The summed E-state index contributed by atoms with van der Waals surface area (Å²) in [5.74, 6) is 4.57. The highest BCUT2D eigenvalue weighted by Gasteiger charge is 2.06. The number of hydrogen-bond acceptors (Lipinski definition) is 6. The van der Waals surface area contributed by atoms with Gasteiger partial charge in [0.15, 0.2) is 0 Å². The zero-order valence-electron chi connectivity index (χ0n) is 29.2. The van der Waals surface area contributed by atoms with E-state index in [1.807, 2.05) is 54.6 Å². The van der Waals surface area contributed by atoms with Crippen LogP contribution in [0.4, 0.5) is 0 Å². The Hall–Kier alpha value is -4.32. The lowest BCUT2D eigenvalue weighted by Crippen LogP contribution is -2.04. The number of rotatable bonds is 24. The van der Waals surface area contributed by atoms with Crippen molar-refractivity contribution in [3.8, 4) is 34.5 Å². The van der Waals surface area contributed by atoms with Crippen LogP contribution in [0.1, 0.15) is 61.9 Å². The van der Waals surface area contributed by atoms with Gasteiger partial charge in [-0.3, -0.25) is 0 Å². The standard InChI is InChI=1S/C39H48O6/c1-7-19-34(20-8-1)40-25-13-4-16-28-43-37-31-38(44-29-17-5-14-26-41-35-21-9-2-10-22-35)33-39(32-37)45-30-18-6-15-27-42-36-23-11-3-12-24-36/h1-3,7-12,19-24,31-33H,4-6,13-18,25-30H2/i1D,2D,3D. The van der Waals surface area contributed by atoms with Crippen molar-refractivity contribution in [1.29, 1.82) is 0 Å². The summed E-state index contributed by atoms with van der Waals surface area (Å²) in [7, 11) is 0. The van der Waals surface area contributed by atoms with Crippen molar-refractivity contribution < 1.29 is 32.5 Å². The fourth-order valence-electron chi connectivity index (χ4n) is 4.48. The number of para-hydroxylation sites is 3. The lowest BCUT2D eigenvalue weighted by atomic mass is 10.2. The number of hydrogen-bond donors (Lipinski definition) is 0. The molecule has 0 heterocycles. The molecule has 240 valence electrons. The number of benzene rings is 4. The molecule has 0 fully saturated rings. The fourth-order valence-corrected chi connectivity index (χ4v) is 4.48. The van der Waals surface area contributed by atoms with Crippen LogP contribution in [0.5, 0.6) is 34.5 Å². The highest BCUT2D eigenvalue weighted by Crippen LogP contribution is 2.29. The molecule has 0 amide bonds. The molecule has 4 aromatic carbocycles. The van der Waals surface area contributed by atoms with Crippen molar-refractivity contribution in [2.45, 2.75) is 57.8 Å². The topological polar surface area (TPSA) is 55.4 Å². The highest BCUT2D eigenvalue weighted by atomic mass is 16.5. The van der Waals surface area contributed by atoms with Crippen LogP contribution >= 0.6 is 0 Å². The fraction of sp³-hybridized carbons (Fsp3) is 0.385. The molecule has 0 spiro atoms. The van der Waals surface area contributed by atoms with Crippen LogP contribution in [-0.4, -0.2) is 39.6 Å². The van der Waals surface area contributed by atoms with Gasteiger partial charge in [-0.25, -0.2) is 0 Å². The van der Waals surface area contributed by atoms with E-state index in [1.54, 1.807) is 36.4 Å². The maximum atomic E-state index is 7.56. The average Bonchev–Trinajstić information content (AvgIpc) is 3.09. The van der Waals surface area contributed by atoms with Crippen molar-refractivity contribution in [2.75, 3.05) is 39.6 Å². The van der Waals surface area contributed by atoms with Crippen LogP contribution in [0.15, 0.2) is 109 Å². The first kappa shape index (κ1) is 29.4. The van der Waals surface area contributed by atoms with Gasteiger partial charge in [-0.05, 0) is 94.2 Å². The molecule has 0 bridgehead atoms. The summed E-state index contributed by atoms with van der Waals surface area (Å²) in [6.07, 6.45) is 8.43. The average molecular weight is 616 g/mol. The molecule has 0 N–H and O–H groups in total. The van der Waals surface area contributed by atoms with E-state index in [0.29, 0.717) is 57.8 Å². The number of unbranched alkanes of at least 4 members (excludes halogenated alkanes) is 6. The van der Waals surface area contributed by atoms with Crippen molar-refractivity contribution in [3.63, 3.8) is 0 Å². The first-order chi connectivity index (χ1) is 23.5. The third-order valence-electron chi connectivity index (χ3n) is 6.89. The van der Waals surface area contributed by atoms with E-state index in [-0.39, 0.29) is 0 Å². The quantitative estimate of drug-likeness (QED) is 0.0732. The first-order valence-corrected chi connectivity index (χ1v) is 16.2. The molecule has 45 heavy (non-hydrogen) atoms. The molecule has 0 saturated carbocycles. The monoisotopic (exact) mass is 615 g/mol. The van der Waals surface area contributed by atoms with Gasteiger partial charge in [-0.2, -0.15) is 0 Å². The Bertz CT molecular complexity index is 1240. The SMILES string of the molecule is [2H]c1ccc(OCCCCCOc2cc(OCCCCCOc3ccc([2H])cc3)cc(OCCCCCOc3ccc([2H])cc3)c2)cc1. The second-order valence-electron chi connectivity index (χ2n) is 10.6. The Kier molecular flexibility index (Phi) is 14.0. The van der Waals surface area contributed by atoms with Gasteiger partial charge in [-0.1, -0.05) is 54.5 Å². The van der Waals surface area contributed by atoms with Crippen LogP contribution in [0.25, 0.3) is 0 Å². The summed E-state index contributed by atoms with van der Waals surface area (Å²) in [6, 6.07) is 28.6.